The average Bonchev–Trinajstić information content (AvgIpc) is 3.04. The number of urea groups is 1. The Kier molecular flexibility index (Phi) is 4.66. The van der Waals surface area contributed by atoms with Crippen molar-refractivity contribution in [3.05, 3.63) is 54.3 Å². The summed E-state index contributed by atoms with van der Waals surface area (Å²) < 4.78 is 18.3. The molecule has 3 aromatic rings. The summed E-state index contributed by atoms with van der Waals surface area (Å²) in [6, 6.07) is 12.5. The molecule has 0 fully saturated rings. The van der Waals surface area contributed by atoms with Gasteiger partial charge in [0.05, 0.1) is 7.11 Å². The Bertz CT molecular complexity index is 851. The Labute approximate surface area is 141 Å². The van der Waals surface area contributed by atoms with Crippen molar-refractivity contribution in [2.24, 2.45) is 0 Å². The molecule has 8 heteroatoms. The fourth-order valence-electron chi connectivity index (χ4n) is 1.95. The minimum absolute atomic E-state index is 0.320. The van der Waals surface area contributed by atoms with Gasteiger partial charge in [-0.05, 0) is 36.4 Å². The zero-order valence-electron chi connectivity index (χ0n) is 12.6. The fourth-order valence-corrected chi connectivity index (χ4v) is 2.68. The molecule has 1 heterocycles. The molecule has 122 valence electrons. The molecule has 0 bridgehead atoms. The van der Waals surface area contributed by atoms with E-state index in [4.69, 9.17) is 4.74 Å². The van der Waals surface area contributed by atoms with Crippen molar-refractivity contribution in [3.63, 3.8) is 0 Å². The second kappa shape index (κ2) is 7.05. The number of carbonyl (C=O) groups is 1. The molecule has 2 amide bonds. The SMILES string of the molecule is COc1ccc(NC(=O)Nc2nnc(-c3cccc(F)c3)s2)cc1. The number of halogens is 1. The highest BCUT2D eigenvalue weighted by molar-refractivity contribution is 7.18. The van der Waals surface area contributed by atoms with Gasteiger partial charge in [0.15, 0.2) is 0 Å². The Hall–Kier alpha value is -3.00. The molecule has 0 unspecified atom stereocenters. The van der Waals surface area contributed by atoms with E-state index in [0.29, 0.717) is 27.1 Å². The summed E-state index contributed by atoms with van der Waals surface area (Å²) >= 11 is 1.16. The van der Waals surface area contributed by atoms with Gasteiger partial charge in [0.25, 0.3) is 0 Å². The molecule has 3 rings (SSSR count). The lowest BCUT2D eigenvalue weighted by Crippen LogP contribution is -2.19. The third-order valence-corrected chi connectivity index (χ3v) is 3.95. The molecule has 0 radical (unpaired) electrons. The summed E-state index contributed by atoms with van der Waals surface area (Å²) in [4.78, 5) is 12.0. The van der Waals surface area contributed by atoms with Crippen molar-refractivity contribution >= 4 is 28.2 Å². The number of hydrogen-bond acceptors (Lipinski definition) is 5. The van der Waals surface area contributed by atoms with Crippen molar-refractivity contribution in [3.8, 4) is 16.3 Å². The number of methoxy groups -OCH3 is 1. The molecule has 0 saturated carbocycles. The van der Waals surface area contributed by atoms with Crippen LogP contribution in [-0.2, 0) is 0 Å². The first-order valence-electron chi connectivity index (χ1n) is 6.95. The summed E-state index contributed by atoms with van der Waals surface area (Å²) in [5.41, 5.74) is 1.22. The average molecular weight is 344 g/mol. The van der Waals surface area contributed by atoms with Crippen molar-refractivity contribution in [2.45, 2.75) is 0 Å². The Morgan fingerprint density at radius 1 is 1.12 bits per heavy atom. The molecule has 0 atom stereocenters. The highest BCUT2D eigenvalue weighted by atomic mass is 32.1. The van der Waals surface area contributed by atoms with E-state index in [1.54, 1.807) is 43.5 Å². The number of aromatic nitrogens is 2. The van der Waals surface area contributed by atoms with Crippen LogP contribution in [0.1, 0.15) is 0 Å². The molecule has 2 aromatic carbocycles. The van der Waals surface area contributed by atoms with Crippen LogP contribution in [0.2, 0.25) is 0 Å². The van der Waals surface area contributed by atoms with Crippen LogP contribution in [0.3, 0.4) is 0 Å². The van der Waals surface area contributed by atoms with Crippen molar-refractivity contribution in [1.29, 1.82) is 0 Å². The van der Waals surface area contributed by atoms with E-state index in [9.17, 15) is 9.18 Å². The fraction of sp³-hybridized carbons (Fsp3) is 0.0625. The second-order valence-electron chi connectivity index (χ2n) is 4.73. The summed E-state index contributed by atoms with van der Waals surface area (Å²) in [6.45, 7) is 0. The number of carbonyl (C=O) groups excluding carboxylic acids is 1. The number of rotatable bonds is 4. The number of benzene rings is 2. The van der Waals surface area contributed by atoms with Crippen molar-refractivity contribution in [1.82, 2.24) is 10.2 Å². The van der Waals surface area contributed by atoms with Gasteiger partial charge in [-0.25, -0.2) is 9.18 Å². The highest BCUT2D eigenvalue weighted by Crippen LogP contribution is 2.26. The lowest BCUT2D eigenvalue weighted by Gasteiger charge is -2.05. The van der Waals surface area contributed by atoms with Crippen LogP contribution < -0.4 is 15.4 Å². The molecule has 6 nitrogen and oxygen atoms in total. The van der Waals surface area contributed by atoms with Crippen LogP contribution in [0.5, 0.6) is 5.75 Å². The molecular weight excluding hydrogens is 331 g/mol. The Morgan fingerprint density at radius 3 is 2.62 bits per heavy atom. The van der Waals surface area contributed by atoms with Gasteiger partial charge in [0, 0.05) is 11.3 Å². The normalized spacial score (nSPS) is 10.2. The Morgan fingerprint density at radius 2 is 1.92 bits per heavy atom. The van der Waals surface area contributed by atoms with E-state index >= 15 is 0 Å². The van der Waals surface area contributed by atoms with E-state index in [0.717, 1.165) is 11.3 Å². The van der Waals surface area contributed by atoms with Crippen molar-refractivity contribution < 1.29 is 13.9 Å². The number of hydrogen-bond donors (Lipinski definition) is 2. The lowest BCUT2D eigenvalue weighted by molar-refractivity contribution is 0.262. The van der Waals surface area contributed by atoms with E-state index < -0.39 is 6.03 Å². The minimum atomic E-state index is -0.442. The quantitative estimate of drug-likeness (QED) is 0.750. The summed E-state index contributed by atoms with van der Waals surface area (Å²) in [5, 5.41) is 13.9. The molecular formula is C16H13FN4O2S. The highest BCUT2D eigenvalue weighted by Gasteiger charge is 2.10. The van der Waals surface area contributed by atoms with E-state index in [1.807, 2.05) is 0 Å². The van der Waals surface area contributed by atoms with Gasteiger partial charge < -0.3 is 10.1 Å². The van der Waals surface area contributed by atoms with Crippen LogP contribution in [0.4, 0.5) is 20.0 Å². The smallest absolute Gasteiger partial charge is 0.325 e. The number of anilines is 2. The molecule has 0 aliphatic carbocycles. The van der Waals surface area contributed by atoms with E-state index in [2.05, 4.69) is 20.8 Å². The van der Waals surface area contributed by atoms with Gasteiger partial charge in [0.2, 0.25) is 5.13 Å². The van der Waals surface area contributed by atoms with Gasteiger partial charge in [-0.1, -0.05) is 23.5 Å². The number of nitrogens with one attached hydrogen (secondary N) is 2. The Balaban J connectivity index is 1.64. The molecule has 0 saturated heterocycles. The molecule has 2 N–H and O–H groups in total. The first-order chi connectivity index (χ1) is 11.6. The first-order valence-corrected chi connectivity index (χ1v) is 7.77. The molecule has 0 aliphatic rings. The maximum absolute atomic E-state index is 13.2. The van der Waals surface area contributed by atoms with E-state index in [1.165, 1.54) is 12.1 Å². The largest absolute Gasteiger partial charge is 0.497 e. The van der Waals surface area contributed by atoms with Crippen LogP contribution in [0.25, 0.3) is 10.6 Å². The molecule has 0 spiro atoms. The topological polar surface area (TPSA) is 76.1 Å². The molecule has 0 aliphatic heterocycles. The summed E-state index contributed by atoms with van der Waals surface area (Å²) in [6.07, 6.45) is 0. The van der Waals surface area contributed by atoms with Gasteiger partial charge in [-0.2, -0.15) is 0 Å². The number of ether oxygens (including phenoxy) is 1. The maximum atomic E-state index is 13.2. The van der Waals surface area contributed by atoms with Crippen LogP contribution in [0, 0.1) is 5.82 Å². The van der Waals surface area contributed by atoms with Gasteiger partial charge in [-0.3, -0.25) is 5.32 Å². The first kappa shape index (κ1) is 15.9. The minimum Gasteiger partial charge on any atom is -0.497 e. The lowest BCUT2D eigenvalue weighted by atomic mass is 10.2. The second-order valence-corrected chi connectivity index (χ2v) is 5.71. The predicted octanol–water partition coefficient (Wildman–Crippen LogP) is 4.00. The van der Waals surface area contributed by atoms with Gasteiger partial charge >= 0.3 is 6.03 Å². The third-order valence-electron chi connectivity index (χ3n) is 3.06. The predicted molar refractivity (Wildman–Crippen MR) is 90.9 cm³/mol. The van der Waals surface area contributed by atoms with E-state index in [-0.39, 0.29) is 5.82 Å². The standard InChI is InChI=1S/C16H13FN4O2S/c1-23-13-7-5-12(6-8-13)18-15(22)19-16-21-20-14(24-16)10-3-2-4-11(17)9-10/h2-9H,1H3,(H2,18,19,21,22). The zero-order chi connectivity index (χ0) is 16.9. The van der Waals surface area contributed by atoms with Crippen LogP contribution in [0.15, 0.2) is 48.5 Å². The number of nitrogens with zero attached hydrogens (tertiary/aromatic N) is 2. The molecule has 1 aromatic heterocycles. The monoisotopic (exact) mass is 344 g/mol. The van der Waals surface area contributed by atoms with Crippen molar-refractivity contribution in [2.75, 3.05) is 17.7 Å². The number of amides is 2. The zero-order valence-corrected chi connectivity index (χ0v) is 13.4. The maximum Gasteiger partial charge on any atom is 0.325 e. The van der Waals surface area contributed by atoms with Crippen LogP contribution >= 0.6 is 11.3 Å². The summed E-state index contributed by atoms with van der Waals surface area (Å²) in [5.74, 6) is 0.347. The molecule has 24 heavy (non-hydrogen) atoms. The van der Waals surface area contributed by atoms with Gasteiger partial charge in [-0.15, -0.1) is 10.2 Å². The van der Waals surface area contributed by atoms with Crippen LogP contribution in [-0.4, -0.2) is 23.3 Å². The summed E-state index contributed by atoms with van der Waals surface area (Å²) in [7, 11) is 1.57. The van der Waals surface area contributed by atoms with Gasteiger partial charge in [0.1, 0.15) is 16.6 Å². The third kappa shape index (κ3) is 3.85.